The molecule has 0 bridgehead atoms. The first kappa shape index (κ1) is 18.9. The van der Waals surface area contributed by atoms with Crippen molar-refractivity contribution in [1.82, 2.24) is 9.97 Å². The zero-order chi connectivity index (χ0) is 19.4. The molecular formula is C21H21ClN4O. The van der Waals surface area contributed by atoms with E-state index >= 15 is 0 Å². The van der Waals surface area contributed by atoms with Crippen LogP contribution in [0.4, 0.5) is 5.82 Å². The number of aromatic nitrogens is 2. The normalized spacial score (nSPS) is 10.6. The Labute approximate surface area is 163 Å². The smallest absolute Gasteiger partial charge is 0.248 e. The van der Waals surface area contributed by atoms with E-state index in [1.807, 2.05) is 50.2 Å². The van der Waals surface area contributed by atoms with E-state index in [1.165, 1.54) is 0 Å². The van der Waals surface area contributed by atoms with Gasteiger partial charge in [0.25, 0.3) is 0 Å². The van der Waals surface area contributed by atoms with Crippen molar-refractivity contribution in [3.63, 3.8) is 0 Å². The number of nitrogens with two attached hydrogens (primary N) is 1. The third kappa shape index (κ3) is 4.83. The van der Waals surface area contributed by atoms with Gasteiger partial charge in [0, 0.05) is 34.8 Å². The van der Waals surface area contributed by atoms with Crippen molar-refractivity contribution < 1.29 is 4.79 Å². The molecule has 3 aromatic rings. The molecule has 6 heteroatoms. The lowest BCUT2D eigenvalue weighted by molar-refractivity contribution is 0.100. The zero-order valence-electron chi connectivity index (χ0n) is 15.3. The molecule has 1 aromatic heterocycles. The maximum Gasteiger partial charge on any atom is 0.248 e. The summed E-state index contributed by atoms with van der Waals surface area (Å²) in [5.74, 6) is 1.11. The number of carbonyl (C=O) groups excluding carboxylic acids is 1. The Kier molecular flexibility index (Phi) is 5.72. The highest BCUT2D eigenvalue weighted by molar-refractivity contribution is 6.30. The molecular weight excluding hydrogens is 360 g/mol. The molecule has 0 unspecified atom stereocenters. The van der Waals surface area contributed by atoms with Crippen molar-refractivity contribution in [3.05, 3.63) is 87.3 Å². The van der Waals surface area contributed by atoms with Gasteiger partial charge < -0.3 is 11.1 Å². The van der Waals surface area contributed by atoms with Gasteiger partial charge in [-0.05, 0) is 49.2 Å². The van der Waals surface area contributed by atoms with Crippen molar-refractivity contribution in [2.45, 2.75) is 26.8 Å². The predicted molar refractivity (Wildman–Crippen MR) is 108 cm³/mol. The van der Waals surface area contributed by atoms with Crippen molar-refractivity contribution in [2.24, 2.45) is 5.73 Å². The molecule has 0 saturated carbocycles. The summed E-state index contributed by atoms with van der Waals surface area (Å²) in [5.41, 5.74) is 9.96. The van der Waals surface area contributed by atoms with Crippen LogP contribution in [0.25, 0.3) is 0 Å². The average molecular weight is 381 g/mol. The molecule has 1 heterocycles. The van der Waals surface area contributed by atoms with Gasteiger partial charge in [-0.2, -0.15) is 0 Å². The van der Waals surface area contributed by atoms with E-state index < -0.39 is 5.91 Å². The molecule has 2 aromatic carbocycles. The fourth-order valence-electron chi connectivity index (χ4n) is 2.87. The van der Waals surface area contributed by atoms with Gasteiger partial charge >= 0.3 is 0 Å². The lowest BCUT2D eigenvalue weighted by Gasteiger charge is -2.14. The highest BCUT2D eigenvalue weighted by Gasteiger charge is 2.11. The summed E-state index contributed by atoms with van der Waals surface area (Å²) in [7, 11) is 0. The van der Waals surface area contributed by atoms with Gasteiger partial charge in [-0.15, -0.1) is 0 Å². The van der Waals surface area contributed by atoms with Crippen molar-refractivity contribution in [2.75, 3.05) is 5.32 Å². The standard InChI is InChI=1S/C21H21ClN4O/c1-13-19(11-15-5-9-18(22)10-6-15)21(26-14(2)25-13)24-12-16-3-7-17(8-4-16)20(23)27/h3-10H,11-12H2,1-2H3,(H2,23,27)(H,24,25,26). The fraction of sp³-hybridized carbons (Fsp3) is 0.190. The van der Waals surface area contributed by atoms with Crippen LogP contribution in [0, 0.1) is 13.8 Å². The number of nitrogens with one attached hydrogen (secondary N) is 1. The van der Waals surface area contributed by atoms with E-state index in [9.17, 15) is 4.79 Å². The van der Waals surface area contributed by atoms with Crippen molar-refractivity contribution in [3.8, 4) is 0 Å². The first-order chi connectivity index (χ1) is 12.9. The van der Waals surface area contributed by atoms with Gasteiger partial charge in [-0.1, -0.05) is 35.9 Å². The van der Waals surface area contributed by atoms with E-state index in [0.29, 0.717) is 23.6 Å². The number of amides is 1. The third-order valence-electron chi connectivity index (χ3n) is 4.32. The zero-order valence-corrected chi connectivity index (χ0v) is 16.0. The van der Waals surface area contributed by atoms with Crippen LogP contribution < -0.4 is 11.1 Å². The van der Waals surface area contributed by atoms with E-state index in [-0.39, 0.29) is 0 Å². The number of hydrogen-bond acceptors (Lipinski definition) is 4. The molecule has 0 radical (unpaired) electrons. The van der Waals surface area contributed by atoms with Crippen LogP contribution in [-0.4, -0.2) is 15.9 Å². The largest absolute Gasteiger partial charge is 0.366 e. The maximum atomic E-state index is 11.2. The van der Waals surface area contributed by atoms with Gasteiger partial charge in [0.2, 0.25) is 5.91 Å². The first-order valence-corrected chi connectivity index (χ1v) is 9.01. The van der Waals surface area contributed by atoms with Gasteiger partial charge in [0.15, 0.2) is 0 Å². The number of halogens is 1. The molecule has 0 saturated heterocycles. The Bertz CT molecular complexity index is 953. The average Bonchev–Trinajstić information content (AvgIpc) is 2.64. The molecule has 0 atom stereocenters. The van der Waals surface area contributed by atoms with Crippen LogP contribution in [0.15, 0.2) is 48.5 Å². The number of carbonyl (C=O) groups is 1. The Morgan fingerprint density at radius 2 is 1.63 bits per heavy atom. The summed E-state index contributed by atoms with van der Waals surface area (Å²) in [6.45, 7) is 4.46. The first-order valence-electron chi connectivity index (χ1n) is 8.63. The number of hydrogen-bond donors (Lipinski definition) is 2. The van der Waals surface area contributed by atoms with Gasteiger partial charge in [0.1, 0.15) is 11.6 Å². The minimum absolute atomic E-state index is 0.429. The SMILES string of the molecule is Cc1nc(C)c(Cc2ccc(Cl)cc2)c(NCc2ccc(C(N)=O)cc2)n1. The Morgan fingerprint density at radius 3 is 2.26 bits per heavy atom. The summed E-state index contributed by atoms with van der Waals surface area (Å²) >= 11 is 5.98. The summed E-state index contributed by atoms with van der Waals surface area (Å²) in [6.07, 6.45) is 0.715. The summed E-state index contributed by atoms with van der Waals surface area (Å²) in [6, 6.07) is 15.0. The van der Waals surface area contributed by atoms with Crippen LogP contribution in [-0.2, 0) is 13.0 Å². The number of rotatable bonds is 6. The second kappa shape index (κ2) is 8.18. The Morgan fingerprint density at radius 1 is 1.00 bits per heavy atom. The molecule has 3 rings (SSSR count). The minimum atomic E-state index is -0.429. The molecule has 138 valence electrons. The number of anilines is 1. The molecule has 5 nitrogen and oxygen atoms in total. The Hall–Kier alpha value is -2.92. The van der Waals surface area contributed by atoms with E-state index in [2.05, 4.69) is 15.3 Å². The highest BCUT2D eigenvalue weighted by atomic mass is 35.5. The summed E-state index contributed by atoms with van der Waals surface area (Å²) < 4.78 is 0. The molecule has 1 amide bonds. The van der Waals surface area contributed by atoms with E-state index in [4.69, 9.17) is 17.3 Å². The lowest BCUT2D eigenvalue weighted by Crippen LogP contribution is -2.11. The monoisotopic (exact) mass is 380 g/mol. The van der Waals surface area contributed by atoms with Crippen LogP contribution in [0.5, 0.6) is 0 Å². The fourth-order valence-corrected chi connectivity index (χ4v) is 3.00. The minimum Gasteiger partial charge on any atom is -0.366 e. The van der Waals surface area contributed by atoms with Crippen LogP contribution in [0.1, 0.15) is 38.6 Å². The van der Waals surface area contributed by atoms with Crippen LogP contribution in [0.2, 0.25) is 5.02 Å². The molecule has 27 heavy (non-hydrogen) atoms. The number of aryl methyl sites for hydroxylation is 2. The van der Waals surface area contributed by atoms with Gasteiger partial charge in [-0.25, -0.2) is 9.97 Å². The predicted octanol–water partition coefficient (Wildman–Crippen LogP) is 4.05. The summed E-state index contributed by atoms with van der Waals surface area (Å²) in [5, 5.41) is 4.11. The second-order valence-electron chi connectivity index (χ2n) is 6.40. The number of primary amides is 1. The van der Waals surface area contributed by atoms with Gasteiger partial charge in [0.05, 0.1) is 0 Å². The molecule has 3 N–H and O–H groups in total. The van der Waals surface area contributed by atoms with E-state index in [0.717, 1.165) is 34.0 Å². The highest BCUT2D eigenvalue weighted by Crippen LogP contribution is 2.22. The third-order valence-corrected chi connectivity index (χ3v) is 4.57. The Balaban J connectivity index is 1.81. The summed E-state index contributed by atoms with van der Waals surface area (Å²) in [4.78, 5) is 20.3. The number of benzene rings is 2. The van der Waals surface area contributed by atoms with E-state index in [1.54, 1.807) is 12.1 Å². The molecule has 0 spiro atoms. The second-order valence-corrected chi connectivity index (χ2v) is 6.84. The quantitative estimate of drug-likeness (QED) is 0.676. The van der Waals surface area contributed by atoms with Crippen LogP contribution >= 0.6 is 11.6 Å². The molecule has 0 aliphatic carbocycles. The van der Waals surface area contributed by atoms with Crippen LogP contribution in [0.3, 0.4) is 0 Å². The topological polar surface area (TPSA) is 80.9 Å². The van der Waals surface area contributed by atoms with Crippen molar-refractivity contribution >= 4 is 23.3 Å². The molecule has 0 aliphatic heterocycles. The lowest BCUT2D eigenvalue weighted by atomic mass is 10.0. The van der Waals surface area contributed by atoms with Crippen molar-refractivity contribution in [1.29, 1.82) is 0 Å². The maximum absolute atomic E-state index is 11.2. The van der Waals surface area contributed by atoms with Gasteiger partial charge in [-0.3, -0.25) is 4.79 Å². The molecule has 0 fully saturated rings. The molecule has 0 aliphatic rings. The number of nitrogens with zero attached hydrogens (tertiary/aromatic N) is 2.